The van der Waals surface area contributed by atoms with Crippen molar-refractivity contribution in [3.63, 3.8) is 0 Å². The van der Waals surface area contributed by atoms with Crippen molar-refractivity contribution in [3.05, 3.63) is 51.5 Å². The van der Waals surface area contributed by atoms with Crippen molar-refractivity contribution in [1.82, 2.24) is 15.2 Å². The van der Waals surface area contributed by atoms with Crippen LogP contribution in [0, 0.1) is 6.92 Å². The molecule has 0 spiro atoms. The molecule has 0 fully saturated rings. The number of nitrogens with zero attached hydrogens (tertiary/aromatic N) is 3. The third-order valence-electron chi connectivity index (χ3n) is 4.16. The normalized spacial score (nSPS) is 12.4. The van der Waals surface area contributed by atoms with E-state index in [0.29, 0.717) is 0 Å². The summed E-state index contributed by atoms with van der Waals surface area (Å²) in [6.45, 7) is 5.74. The van der Waals surface area contributed by atoms with Gasteiger partial charge in [-0.05, 0) is 19.4 Å². The highest BCUT2D eigenvalue weighted by Gasteiger charge is 2.12. The van der Waals surface area contributed by atoms with Gasteiger partial charge in [-0.15, -0.1) is 35.3 Å². The molecule has 0 bridgehead atoms. The summed E-state index contributed by atoms with van der Waals surface area (Å²) in [5, 5.41) is 6.53. The fourth-order valence-electron chi connectivity index (χ4n) is 2.49. The van der Waals surface area contributed by atoms with E-state index in [1.807, 2.05) is 32.8 Å². The molecule has 1 aromatic carbocycles. The van der Waals surface area contributed by atoms with Crippen LogP contribution in [0.1, 0.15) is 34.9 Å². The van der Waals surface area contributed by atoms with Crippen molar-refractivity contribution >= 4 is 53.0 Å². The number of hydrogen-bond acceptors (Lipinski definition) is 5. The fourth-order valence-corrected chi connectivity index (χ4v) is 4.16. The molecule has 5 nitrogen and oxygen atoms in total. The van der Waals surface area contributed by atoms with Crippen molar-refractivity contribution < 1.29 is 4.74 Å². The predicted octanol–water partition coefficient (Wildman–Crippen LogP) is 4.72. The summed E-state index contributed by atoms with van der Waals surface area (Å²) in [7, 11) is 5.56. The van der Waals surface area contributed by atoms with Gasteiger partial charge in [0.1, 0.15) is 11.1 Å². The van der Waals surface area contributed by atoms with Crippen LogP contribution in [0.2, 0.25) is 0 Å². The lowest BCUT2D eigenvalue weighted by Crippen LogP contribution is -2.39. The number of methoxy groups -OCH3 is 1. The molecule has 1 unspecified atom stereocenters. The molecule has 156 valence electrons. The molecule has 0 aliphatic carbocycles. The number of aryl methyl sites for hydroxylation is 1. The summed E-state index contributed by atoms with van der Waals surface area (Å²) < 4.78 is 5.33. The number of aliphatic imine (C=N–C) groups is 1. The third kappa shape index (κ3) is 8.26. The van der Waals surface area contributed by atoms with Gasteiger partial charge >= 0.3 is 0 Å². The zero-order chi connectivity index (χ0) is 19.6. The molecule has 0 aliphatic heterocycles. The average molecular weight is 535 g/mol. The van der Waals surface area contributed by atoms with Crippen molar-refractivity contribution in [1.29, 1.82) is 0 Å². The molecule has 1 heterocycles. The molecule has 0 saturated carbocycles. The van der Waals surface area contributed by atoms with Gasteiger partial charge in [-0.2, -0.15) is 11.8 Å². The second-order valence-corrected chi connectivity index (χ2v) is 8.42. The van der Waals surface area contributed by atoms with E-state index in [0.717, 1.165) is 41.3 Å². The lowest BCUT2D eigenvalue weighted by molar-refractivity contribution is 0.119. The summed E-state index contributed by atoms with van der Waals surface area (Å²) in [6, 6.07) is 8.74. The Hall–Kier alpha value is -0.840. The number of nitrogens with one attached hydrogen (secondary N) is 1. The molecule has 1 N–H and O–H groups in total. The molecule has 0 radical (unpaired) electrons. The van der Waals surface area contributed by atoms with E-state index >= 15 is 0 Å². The number of ether oxygens (including phenoxy) is 1. The first-order valence-corrected chi connectivity index (χ1v) is 11.1. The Labute approximate surface area is 194 Å². The van der Waals surface area contributed by atoms with Crippen molar-refractivity contribution in [3.8, 4) is 0 Å². The van der Waals surface area contributed by atoms with Gasteiger partial charge in [-0.3, -0.25) is 4.99 Å². The first kappa shape index (κ1) is 25.2. The number of thiazole rings is 1. The van der Waals surface area contributed by atoms with E-state index in [2.05, 4.69) is 56.8 Å². The maximum Gasteiger partial charge on any atom is 0.193 e. The summed E-state index contributed by atoms with van der Waals surface area (Å²) in [6.07, 6.45) is 0.0389. The first-order valence-electron chi connectivity index (χ1n) is 9.05. The smallest absolute Gasteiger partial charge is 0.193 e. The Balaban J connectivity index is 0.00000392. The molecular formula is C20H31IN4OS2. The number of aromatic nitrogens is 1. The highest BCUT2D eigenvalue weighted by Crippen LogP contribution is 2.21. The predicted molar refractivity (Wildman–Crippen MR) is 133 cm³/mol. The molecular weight excluding hydrogens is 503 g/mol. The van der Waals surface area contributed by atoms with Gasteiger partial charge in [0.05, 0.1) is 12.2 Å². The minimum atomic E-state index is 0. The van der Waals surface area contributed by atoms with Crippen molar-refractivity contribution in [2.24, 2.45) is 4.99 Å². The van der Waals surface area contributed by atoms with E-state index in [-0.39, 0.29) is 30.1 Å². The maximum absolute atomic E-state index is 5.33. The van der Waals surface area contributed by atoms with Crippen molar-refractivity contribution in [2.45, 2.75) is 32.2 Å². The van der Waals surface area contributed by atoms with E-state index < -0.39 is 0 Å². The van der Waals surface area contributed by atoms with Crippen LogP contribution in [-0.2, 0) is 17.0 Å². The lowest BCUT2D eigenvalue weighted by atomic mass is 10.2. The first-order chi connectivity index (χ1) is 13.0. The molecule has 1 aromatic heterocycles. The monoisotopic (exact) mass is 534 g/mol. The quantitative estimate of drug-likeness (QED) is 0.219. The summed E-state index contributed by atoms with van der Waals surface area (Å²) in [4.78, 5) is 11.1. The highest BCUT2D eigenvalue weighted by molar-refractivity contribution is 14.0. The molecule has 0 saturated heterocycles. The Bertz CT molecular complexity index is 721. The van der Waals surface area contributed by atoms with Gasteiger partial charge in [-0.1, -0.05) is 29.8 Å². The minimum absolute atomic E-state index is 0. The summed E-state index contributed by atoms with van der Waals surface area (Å²) >= 11 is 3.57. The topological polar surface area (TPSA) is 49.8 Å². The second-order valence-electron chi connectivity index (χ2n) is 6.42. The summed E-state index contributed by atoms with van der Waals surface area (Å²) in [5.74, 6) is 2.96. The Morgan fingerprint density at radius 1 is 1.36 bits per heavy atom. The van der Waals surface area contributed by atoms with Crippen LogP contribution in [0.3, 0.4) is 0 Å². The van der Waals surface area contributed by atoms with Gasteiger partial charge in [0, 0.05) is 44.6 Å². The van der Waals surface area contributed by atoms with Gasteiger partial charge in [0.25, 0.3) is 0 Å². The van der Waals surface area contributed by atoms with E-state index in [9.17, 15) is 0 Å². The summed E-state index contributed by atoms with van der Waals surface area (Å²) in [5.41, 5.74) is 3.72. The SMILES string of the molecule is CN=C(NCCSCc1ccc(C)cc1)N(C)Cc1csc(C(C)OC)n1.I. The Kier molecular flexibility index (Phi) is 12.1. The highest BCUT2D eigenvalue weighted by atomic mass is 127. The number of benzene rings is 1. The number of thioether (sulfide) groups is 1. The van der Waals surface area contributed by atoms with Crippen LogP contribution in [0.25, 0.3) is 0 Å². The van der Waals surface area contributed by atoms with Crippen LogP contribution in [0.4, 0.5) is 0 Å². The molecule has 0 aliphatic rings. The zero-order valence-electron chi connectivity index (χ0n) is 17.3. The van der Waals surface area contributed by atoms with E-state index in [1.54, 1.807) is 18.4 Å². The second kappa shape index (κ2) is 13.4. The Morgan fingerprint density at radius 3 is 2.71 bits per heavy atom. The Morgan fingerprint density at radius 2 is 2.07 bits per heavy atom. The van der Waals surface area contributed by atoms with Gasteiger partial charge in [-0.25, -0.2) is 4.98 Å². The van der Waals surface area contributed by atoms with E-state index in [4.69, 9.17) is 4.74 Å². The number of halogens is 1. The third-order valence-corrected chi connectivity index (χ3v) is 6.25. The maximum atomic E-state index is 5.33. The standard InChI is InChI=1S/C20H30N4OS2.HI/c1-15-6-8-17(9-7-15)13-26-11-10-22-20(21-3)24(4)12-18-14-27-19(23-18)16(2)25-5;/h6-9,14,16H,10-13H2,1-5H3,(H,21,22);1H. The molecule has 28 heavy (non-hydrogen) atoms. The number of rotatable bonds is 9. The molecule has 1 atom stereocenters. The largest absolute Gasteiger partial charge is 0.375 e. The van der Waals surface area contributed by atoms with Crippen LogP contribution in [0.5, 0.6) is 0 Å². The van der Waals surface area contributed by atoms with Crippen LogP contribution in [0.15, 0.2) is 34.6 Å². The van der Waals surface area contributed by atoms with Gasteiger partial charge in [0.2, 0.25) is 0 Å². The molecule has 8 heteroatoms. The van der Waals surface area contributed by atoms with Crippen LogP contribution >= 0.6 is 47.1 Å². The number of guanidine groups is 1. The van der Waals surface area contributed by atoms with Gasteiger partial charge < -0.3 is 15.0 Å². The fraction of sp³-hybridized carbons (Fsp3) is 0.500. The molecule has 2 rings (SSSR count). The zero-order valence-corrected chi connectivity index (χ0v) is 21.2. The molecule has 0 amide bonds. The van der Waals surface area contributed by atoms with E-state index in [1.165, 1.54) is 11.1 Å². The van der Waals surface area contributed by atoms with Crippen molar-refractivity contribution in [2.75, 3.05) is 33.5 Å². The van der Waals surface area contributed by atoms with Crippen LogP contribution in [-0.4, -0.2) is 49.3 Å². The number of hydrogen-bond donors (Lipinski definition) is 1. The minimum Gasteiger partial charge on any atom is -0.375 e. The van der Waals surface area contributed by atoms with Crippen LogP contribution < -0.4 is 5.32 Å². The van der Waals surface area contributed by atoms with Gasteiger partial charge in [0.15, 0.2) is 5.96 Å². The molecule has 2 aromatic rings. The lowest BCUT2D eigenvalue weighted by Gasteiger charge is -2.21. The average Bonchev–Trinajstić information content (AvgIpc) is 3.13.